The second-order valence-corrected chi connectivity index (χ2v) is 7.75. The van der Waals surface area contributed by atoms with Crippen LogP contribution >= 0.6 is 0 Å². The Kier molecular flexibility index (Phi) is 4.63. The van der Waals surface area contributed by atoms with E-state index >= 15 is 0 Å². The van der Waals surface area contributed by atoms with Crippen LogP contribution in [0.25, 0.3) is 0 Å². The van der Waals surface area contributed by atoms with E-state index in [1.807, 2.05) is 44.2 Å². The van der Waals surface area contributed by atoms with E-state index < -0.39 is 5.54 Å². The van der Waals surface area contributed by atoms with Gasteiger partial charge in [0.05, 0.1) is 11.1 Å². The molecular weight excluding hydrogens is 352 g/mol. The van der Waals surface area contributed by atoms with E-state index in [2.05, 4.69) is 5.32 Å². The van der Waals surface area contributed by atoms with Gasteiger partial charge in [-0.1, -0.05) is 49.4 Å². The predicted octanol–water partition coefficient (Wildman–Crippen LogP) is 3.01. The summed E-state index contributed by atoms with van der Waals surface area (Å²) in [5, 5.41) is 3.35. The van der Waals surface area contributed by atoms with E-state index in [9.17, 15) is 14.4 Å². The lowest BCUT2D eigenvalue weighted by Gasteiger charge is -2.30. The minimum Gasteiger partial charge on any atom is -0.302 e. The van der Waals surface area contributed by atoms with Gasteiger partial charge in [0.15, 0.2) is 5.78 Å². The Hall–Kier alpha value is -2.79. The molecule has 1 N–H and O–H groups in total. The van der Waals surface area contributed by atoms with E-state index in [-0.39, 0.29) is 29.4 Å². The molecule has 0 aromatic heterocycles. The summed E-state index contributed by atoms with van der Waals surface area (Å²) in [4.78, 5) is 39.8. The van der Waals surface area contributed by atoms with Gasteiger partial charge in [-0.05, 0) is 43.5 Å². The number of hydrogen-bond acceptors (Lipinski definition) is 4. The van der Waals surface area contributed by atoms with Crippen LogP contribution in [0.3, 0.4) is 0 Å². The fraction of sp³-hybridized carbons (Fsp3) is 0.348. The molecule has 2 amide bonds. The minimum atomic E-state index is -0.766. The molecule has 5 heteroatoms. The molecule has 0 spiro atoms. The normalized spacial score (nSPS) is 22.7. The molecule has 0 bridgehead atoms. The van der Waals surface area contributed by atoms with Crippen LogP contribution in [0.4, 0.5) is 0 Å². The number of rotatable bonds is 7. The number of Topliss-reactive ketones (excluding diaryl/α,β-unsaturated/α-hetero) is 1. The van der Waals surface area contributed by atoms with Gasteiger partial charge < -0.3 is 5.32 Å². The Labute approximate surface area is 164 Å². The monoisotopic (exact) mass is 376 g/mol. The SMILES string of the molecule is CCNC(C)(C(=O)C1CC1CN1C(=O)c2ccccc2C1=O)c1ccccc1. The molecule has 0 radical (unpaired) electrons. The highest BCUT2D eigenvalue weighted by molar-refractivity contribution is 6.21. The number of nitrogens with one attached hydrogen (secondary N) is 1. The molecule has 3 atom stereocenters. The highest BCUT2D eigenvalue weighted by Crippen LogP contribution is 2.45. The van der Waals surface area contributed by atoms with Gasteiger partial charge in [0.25, 0.3) is 11.8 Å². The first-order valence-corrected chi connectivity index (χ1v) is 9.77. The zero-order valence-corrected chi connectivity index (χ0v) is 16.1. The summed E-state index contributed by atoms with van der Waals surface area (Å²) in [5.41, 5.74) is 1.08. The van der Waals surface area contributed by atoms with Crippen molar-refractivity contribution in [2.24, 2.45) is 11.8 Å². The number of amides is 2. The third-order valence-corrected chi connectivity index (χ3v) is 5.93. The number of imide groups is 1. The summed E-state index contributed by atoms with van der Waals surface area (Å²) in [6.45, 7) is 4.88. The van der Waals surface area contributed by atoms with Gasteiger partial charge in [-0.2, -0.15) is 0 Å². The standard InChI is InChI=1S/C23H24N2O3/c1-3-24-23(2,16-9-5-4-6-10-16)20(26)19-13-15(19)14-25-21(27)17-11-7-8-12-18(17)22(25)28/h4-12,15,19,24H,3,13-14H2,1-2H3. The van der Waals surface area contributed by atoms with Crippen LogP contribution in [-0.4, -0.2) is 35.6 Å². The summed E-state index contributed by atoms with van der Waals surface area (Å²) < 4.78 is 0. The summed E-state index contributed by atoms with van der Waals surface area (Å²) in [5.74, 6) is -0.500. The maximum atomic E-state index is 13.3. The van der Waals surface area contributed by atoms with Crippen molar-refractivity contribution in [1.82, 2.24) is 10.2 Å². The largest absolute Gasteiger partial charge is 0.302 e. The lowest BCUT2D eigenvalue weighted by Crippen LogP contribution is -2.48. The van der Waals surface area contributed by atoms with Crippen molar-refractivity contribution < 1.29 is 14.4 Å². The summed E-state index contributed by atoms with van der Waals surface area (Å²) in [7, 11) is 0. The van der Waals surface area contributed by atoms with E-state index in [1.165, 1.54) is 4.90 Å². The average molecular weight is 376 g/mol. The molecule has 1 aliphatic carbocycles. The number of carbonyl (C=O) groups is 3. The van der Waals surface area contributed by atoms with E-state index in [0.717, 1.165) is 5.56 Å². The smallest absolute Gasteiger partial charge is 0.261 e. The predicted molar refractivity (Wildman–Crippen MR) is 106 cm³/mol. The third-order valence-electron chi connectivity index (χ3n) is 5.93. The molecule has 1 saturated carbocycles. The third kappa shape index (κ3) is 2.96. The fourth-order valence-corrected chi connectivity index (χ4v) is 4.24. The van der Waals surface area contributed by atoms with Gasteiger partial charge in [0, 0.05) is 12.5 Å². The van der Waals surface area contributed by atoms with E-state index in [0.29, 0.717) is 30.6 Å². The van der Waals surface area contributed by atoms with Crippen LogP contribution in [0.5, 0.6) is 0 Å². The molecule has 144 valence electrons. The molecule has 28 heavy (non-hydrogen) atoms. The molecular formula is C23H24N2O3. The van der Waals surface area contributed by atoms with Crippen molar-refractivity contribution in [3.05, 3.63) is 71.3 Å². The second-order valence-electron chi connectivity index (χ2n) is 7.75. The first-order valence-electron chi connectivity index (χ1n) is 9.77. The number of hydrogen-bond donors (Lipinski definition) is 1. The van der Waals surface area contributed by atoms with Crippen LogP contribution in [-0.2, 0) is 10.3 Å². The van der Waals surface area contributed by atoms with Crippen LogP contribution in [0.2, 0.25) is 0 Å². The molecule has 1 fully saturated rings. The molecule has 2 aromatic rings. The molecule has 2 aliphatic rings. The van der Waals surface area contributed by atoms with E-state index in [4.69, 9.17) is 0 Å². The van der Waals surface area contributed by atoms with Crippen molar-refractivity contribution in [3.63, 3.8) is 0 Å². The molecule has 2 aromatic carbocycles. The molecule has 4 rings (SSSR count). The maximum absolute atomic E-state index is 13.3. The van der Waals surface area contributed by atoms with Gasteiger partial charge in [-0.25, -0.2) is 0 Å². The first-order chi connectivity index (χ1) is 13.5. The summed E-state index contributed by atoms with van der Waals surface area (Å²) in [6.07, 6.45) is 0.708. The molecule has 0 saturated heterocycles. The minimum absolute atomic E-state index is 0.0244. The Balaban J connectivity index is 1.49. The van der Waals surface area contributed by atoms with Crippen molar-refractivity contribution in [1.29, 1.82) is 0 Å². The number of nitrogens with zero attached hydrogens (tertiary/aromatic N) is 1. The van der Waals surface area contributed by atoms with E-state index in [1.54, 1.807) is 24.3 Å². The van der Waals surface area contributed by atoms with Crippen molar-refractivity contribution >= 4 is 17.6 Å². The fourth-order valence-electron chi connectivity index (χ4n) is 4.24. The topological polar surface area (TPSA) is 66.5 Å². The summed E-state index contributed by atoms with van der Waals surface area (Å²) in [6, 6.07) is 16.6. The maximum Gasteiger partial charge on any atom is 0.261 e. The molecule has 5 nitrogen and oxygen atoms in total. The van der Waals surface area contributed by atoms with Gasteiger partial charge in [-0.15, -0.1) is 0 Å². The molecule has 1 heterocycles. The van der Waals surface area contributed by atoms with Crippen molar-refractivity contribution in [2.75, 3.05) is 13.1 Å². The quantitative estimate of drug-likeness (QED) is 0.755. The first kappa shape index (κ1) is 18.6. The lowest BCUT2D eigenvalue weighted by atomic mass is 9.84. The van der Waals surface area contributed by atoms with Gasteiger partial charge in [0.2, 0.25) is 0 Å². The number of fused-ring (bicyclic) bond motifs is 1. The Morgan fingerprint density at radius 1 is 1.04 bits per heavy atom. The number of benzene rings is 2. The van der Waals surface area contributed by atoms with Gasteiger partial charge >= 0.3 is 0 Å². The van der Waals surface area contributed by atoms with Gasteiger partial charge in [-0.3, -0.25) is 19.3 Å². The van der Waals surface area contributed by atoms with Crippen molar-refractivity contribution in [3.8, 4) is 0 Å². The summed E-state index contributed by atoms with van der Waals surface area (Å²) >= 11 is 0. The average Bonchev–Trinajstić information content (AvgIpc) is 3.45. The molecule has 1 aliphatic heterocycles. The van der Waals surface area contributed by atoms with Crippen LogP contribution in [0.15, 0.2) is 54.6 Å². The van der Waals surface area contributed by atoms with Crippen LogP contribution < -0.4 is 5.32 Å². The van der Waals surface area contributed by atoms with Gasteiger partial charge in [0.1, 0.15) is 5.54 Å². The Morgan fingerprint density at radius 3 is 2.18 bits per heavy atom. The highest BCUT2D eigenvalue weighted by atomic mass is 16.2. The lowest BCUT2D eigenvalue weighted by molar-refractivity contribution is -0.126. The van der Waals surface area contributed by atoms with Crippen LogP contribution in [0, 0.1) is 11.8 Å². The second kappa shape index (κ2) is 6.99. The number of ketones is 1. The number of likely N-dealkylation sites (N-methyl/N-ethyl adjacent to an activating group) is 1. The van der Waals surface area contributed by atoms with Crippen LogP contribution in [0.1, 0.15) is 46.5 Å². The zero-order valence-electron chi connectivity index (χ0n) is 16.1. The number of carbonyl (C=O) groups excluding carboxylic acids is 3. The molecule has 3 unspecified atom stereocenters. The highest BCUT2D eigenvalue weighted by Gasteiger charge is 2.52. The Bertz CT molecular complexity index is 905. The Morgan fingerprint density at radius 2 is 1.61 bits per heavy atom. The van der Waals surface area contributed by atoms with Crippen molar-refractivity contribution in [2.45, 2.75) is 25.8 Å². The zero-order chi connectivity index (χ0) is 19.9.